The SMILES string of the molecule is N#Cc1ncc(C(=O)Nc2nc3ccc(C(F)(F)F)cc3s2)s1. The van der Waals surface area contributed by atoms with E-state index in [0.29, 0.717) is 10.2 Å². The van der Waals surface area contributed by atoms with Crippen LogP contribution in [0, 0.1) is 11.3 Å². The van der Waals surface area contributed by atoms with Crippen molar-refractivity contribution in [2.24, 2.45) is 0 Å². The van der Waals surface area contributed by atoms with E-state index in [1.165, 1.54) is 12.3 Å². The molecule has 5 nitrogen and oxygen atoms in total. The van der Waals surface area contributed by atoms with Crippen LogP contribution in [-0.4, -0.2) is 15.9 Å². The second-order valence-corrected chi connectivity index (χ2v) is 6.36. The molecule has 0 spiro atoms. The topological polar surface area (TPSA) is 78.7 Å². The molecule has 1 aromatic carbocycles. The summed E-state index contributed by atoms with van der Waals surface area (Å²) in [7, 11) is 0. The quantitative estimate of drug-likeness (QED) is 0.757. The Morgan fingerprint density at radius 3 is 2.74 bits per heavy atom. The molecule has 0 atom stereocenters. The minimum Gasteiger partial charge on any atom is -0.297 e. The fourth-order valence-corrected chi connectivity index (χ4v) is 3.25. The number of halogens is 3. The first-order chi connectivity index (χ1) is 10.9. The van der Waals surface area contributed by atoms with Crippen LogP contribution < -0.4 is 5.32 Å². The monoisotopic (exact) mass is 354 g/mol. The van der Waals surface area contributed by atoms with Gasteiger partial charge in [0.2, 0.25) is 0 Å². The third-order valence-electron chi connectivity index (χ3n) is 2.76. The number of fused-ring (bicyclic) bond motifs is 1. The highest BCUT2D eigenvalue weighted by Crippen LogP contribution is 2.34. The normalized spacial score (nSPS) is 11.4. The van der Waals surface area contributed by atoms with Crippen LogP contribution in [0.3, 0.4) is 0 Å². The van der Waals surface area contributed by atoms with Crippen molar-refractivity contribution in [3.63, 3.8) is 0 Å². The number of nitrogens with one attached hydrogen (secondary N) is 1. The van der Waals surface area contributed by atoms with Gasteiger partial charge in [-0.25, -0.2) is 9.97 Å². The number of nitriles is 1. The summed E-state index contributed by atoms with van der Waals surface area (Å²) in [6.07, 6.45) is -3.18. The number of rotatable bonds is 2. The van der Waals surface area contributed by atoms with E-state index in [1.54, 1.807) is 0 Å². The average molecular weight is 354 g/mol. The van der Waals surface area contributed by atoms with E-state index in [-0.39, 0.29) is 15.0 Å². The lowest BCUT2D eigenvalue weighted by molar-refractivity contribution is -0.137. The summed E-state index contributed by atoms with van der Waals surface area (Å²) in [5, 5.41) is 11.5. The molecule has 0 aliphatic heterocycles. The second kappa shape index (κ2) is 5.60. The zero-order valence-electron chi connectivity index (χ0n) is 11.0. The van der Waals surface area contributed by atoms with Crippen molar-refractivity contribution in [2.45, 2.75) is 6.18 Å². The summed E-state index contributed by atoms with van der Waals surface area (Å²) in [4.78, 5) is 20.0. The zero-order valence-corrected chi connectivity index (χ0v) is 12.6. The van der Waals surface area contributed by atoms with Gasteiger partial charge in [-0.2, -0.15) is 18.4 Å². The predicted molar refractivity (Wildman–Crippen MR) is 79.4 cm³/mol. The molecule has 0 saturated heterocycles. The van der Waals surface area contributed by atoms with E-state index >= 15 is 0 Å². The van der Waals surface area contributed by atoms with E-state index in [1.807, 2.05) is 6.07 Å². The number of aromatic nitrogens is 2. The molecule has 1 N–H and O–H groups in total. The molecule has 0 fully saturated rings. The van der Waals surface area contributed by atoms with Crippen LogP contribution >= 0.6 is 22.7 Å². The van der Waals surface area contributed by atoms with Gasteiger partial charge in [0.15, 0.2) is 10.1 Å². The van der Waals surface area contributed by atoms with Crippen molar-refractivity contribution >= 4 is 43.9 Å². The van der Waals surface area contributed by atoms with Crippen molar-refractivity contribution in [1.29, 1.82) is 5.26 Å². The van der Waals surface area contributed by atoms with E-state index in [0.717, 1.165) is 34.8 Å². The number of hydrogen-bond acceptors (Lipinski definition) is 6. The lowest BCUT2D eigenvalue weighted by atomic mass is 10.2. The molecule has 23 heavy (non-hydrogen) atoms. The van der Waals surface area contributed by atoms with Gasteiger partial charge in [-0.1, -0.05) is 22.7 Å². The third-order valence-corrected chi connectivity index (χ3v) is 4.60. The van der Waals surface area contributed by atoms with Crippen molar-refractivity contribution in [3.8, 4) is 6.07 Å². The molecular formula is C13H5F3N4OS2. The van der Waals surface area contributed by atoms with Crippen molar-refractivity contribution in [1.82, 2.24) is 9.97 Å². The summed E-state index contributed by atoms with van der Waals surface area (Å²) in [5.41, 5.74) is -0.409. The molecule has 116 valence electrons. The lowest BCUT2D eigenvalue weighted by Crippen LogP contribution is -2.09. The maximum atomic E-state index is 12.7. The van der Waals surface area contributed by atoms with Gasteiger partial charge in [0, 0.05) is 0 Å². The van der Waals surface area contributed by atoms with Gasteiger partial charge < -0.3 is 0 Å². The zero-order chi connectivity index (χ0) is 16.6. The molecule has 0 radical (unpaired) electrons. The van der Waals surface area contributed by atoms with Gasteiger partial charge in [-0.15, -0.1) is 0 Å². The van der Waals surface area contributed by atoms with Crippen LogP contribution in [0.5, 0.6) is 0 Å². The maximum absolute atomic E-state index is 12.7. The fraction of sp³-hybridized carbons (Fsp3) is 0.0769. The number of alkyl halides is 3. The third kappa shape index (κ3) is 3.15. The maximum Gasteiger partial charge on any atom is 0.416 e. The highest BCUT2D eigenvalue weighted by Gasteiger charge is 2.30. The van der Waals surface area contributed by atoms with E-state index in [9.17, 15) is 18.0 Å². The van der Waals surface area contributed by atoms with E-state index in [4.69, 9.17) is 5.26 Å². The lowest BCUT2D eigenvalue weighted by Gasteiger charge is -2.04. The van der Waals surface area contributed by atoms with Gasteiger partial charge in [-0.3, -0.25) is 10.1 Å². The molecule has 2 aromatic heterocycles. The first-order valence-electron chi connectivity index (χ1n) is 6.02. The van der Waals surface area contributed by atoms with Crippen LogP contribution in [-0.2, 0) is 6.18 Å². The van der Waals surface area contributed by atoms with Crippen molar-refractivity contribution in [3.05, 3.63) is 39.8 Å². The molecule has 0 unspecified atom stereocenters. The van der Waals surface area contributed by atoms with Crippen LogP contribution in [0.1, 0.15) is 20.2 Å². The number of anilines is 1. The average Bonchev–Trinajstić information content (AvgIpc) is 3.11. The minimum atomic E-state index is -4.43. The Morgan fingerprint density at radius 1 is 1.30 bits per heavy atom. The number of thiazole rings is 2. The largest absolute Gasteiger partial charge is 0.416 e. The van der Waals surface area contributed by atoms with Gasteiger partial charge in [0.25, 0.3) is 5.91 Å². The number of benzene rings is 1. The molecule has 0 aliphatic rings. The molecule has 10 heteroatoms. The summed E-state index contributed by atoms with van der Waals surface area (Å²) in [6, 6.07) is 5.00. The highest BCUT2D eigenvalue weighted by molar-refractivity contribution is 7.22. The van der Waals surface area contributed by atoms with Crippen LogP contribution in [0.25, 0.3) is 10.2 Å². The van der Waals surface area contributed by atoms with Crippen molar-refractivity contribution in [2.75, 3.05) is 5.32 Å². The molecular weight excluding hydrogens is 349 g/mol. The van der Waals surface area contributed by atoms with Crippen LogP contribution in [0.4, 0.5) is 18.3 Å². The van der Waals surface area contributed by atoms with Gasteiger partial charge in [-0.05, 0) is 18.2 Å². The summed E-state index contributed by atoms with van der Waals surface area (Å²) in [6.45, 7) is 0. The molecule has 0 aliphatic carbocycles. The van der Waals surface area contributed by atoms with Gasteiger partial charge in [0.05, 0.1) is 22.0 Å². The summed E-state index contributed by atoms with van der Waals surface area (Å²) >= 11 is 1.86. The Balaban J connectivity index is 1.86. The minimum absolute atomic E-state index is 0.147. The van der Waals surface area contributed by atoms with E-state index in [2.05, 4.69) is 15.3 Å². The van der Waals surface area contributed by atoms with Gasteiger partial charge in [0.1, 0.15) is 10.9 Å². The molecule has 2 heterocycles. The smallest absolute Gasteiger partial charge is 0.297 e. The van der Waals surface area contributed by atoms with Crippen LogP contribution in [0.2, 0.25) is 0 Å². The number of carbonyl (C=O) groups excluding carboxylic acids is 1. The molecule has 1 amide bonds. The number of amides is 1. The van der Waals surface area contributed by atoms with E-state index < -0.39 is 17.6 Å². The summed E-state index contributed by atoms with van der Waals surface area (Å²) in [5.74, 6) is -0.515. The fourth-order valence-electron chi connectivity index (χ4n) is 1.74. The molecule has 0 saturated carbocycles. The molecule has 3 aromatic rings. The van der Waals surface area contributed by atoms with Crippen LogP contribution in [0.15, 0.2) is 24.4 Å². The van der Waals surface area contributed by atoms with Crippen molar-refractivity contribution < 1.29 is 18.0 Å². The number of nitrogens with zero attached hydrogens (tertiary/aromatic N) is 3. The Bertz CT molecular complexity index is 939. The first kappa shape index (κ1) is 15.4. The number of hydrogen-bond donors (Lipinski definition) is 1. The molecule has 3 rings (SSSR count). The number of carbonyl (C=O) groups is 1. The second-order valence-electron chi connectivity index (χ2n) is 4.29. The van der Waals surface area contributed by atoms with Gasteiger partial charge >= 0.3 is 6.18 Å². The Labute approximate surface area is 135 Å². The molecule has 0 bridgehead atoms. The Hall–Kier alpha value is -2.51. The highest BCUT2D eigenvalue weighted by atomic mass is 32.1. The Kier molecular flexibility index (Phi) is 3.75. The first-order valence-corrected chi connectivity index (χ1v) is 7.65. The summed E-state index contributed by atoms with van der Waals surface area (Å²) < 4.78 is 38.3. The Morgan fingerprint density at radius 2 is 2.09 bits per heavy atom. The standard InChI is InChI=1S/C13H5F3N4OS2/c14-13(15,16)6-1-2-7-8(3-6)23-12(19-7)20-11(21)9-5-18-10(4-17)22-9/h1-3,5H,(H,19,20,21). The predicted octanol–water partition coefficient (Wildman–Crippen LogP) is 3.90.